The van der Waals surface area contributed by atoms with Crippen LogP contribution in [0.2, 0.25) is 10.0 Å². The lowest BCUT2D eigenvalue weighted by Gasteiger charge is -2.39. The molecule has 1 amide bonds. The van der Waals surface area contributed by atoms with Crippen molar-refractivity contribution in [1.82, 2.24) is 9.80 Å². The van der Waals surface area contributed by atoms with E-state index in [0.29, 0.717) is 28.1 Å². The number of benzene rings is 3. The van der Waals surface area contributed by atoms with Gasteiger partial charge in [-0.1, -0.05) is 53.9 Å². The Balaban J connectivity index is 1.36. The molecule has 2 aliphatic heterocycles. The van der Waals surface area contributed by atoms with E-state index >= 15 is 0 Å². The van der Waals surface area contributed by atoms with E-state index in [-0.39, 0.29) is 12.1 Å². The van der Waals surface area contributed by atoms with Crippen molar-refractivity contribution in [3.8, 4) is 11.5 Å². The molecule has 0 saturated carbocycles. The van der Waals surface area contributed by atoms with Gasteiger partial charge in [0.1, 0.15) is 17.7 Å². The first kappa shape index (κ1) is 23.0. The fraction of sp³-hybridized carbons (Fsp3) is 0.296. The van der Waals surface area contributed by atoms with Crippen LogP contribution in [0.5, 0.6) is 11.5 Å². The Morgan fingerprint density at radius 3 is 2.35 bits per heavy atom. The van der Waals surface area contributed by atoms with Crippen LogP contribution < -0.4 is 10.1 Å². The number of halogens is 2. The minimum Gasteiger partial charge on any atom is -0.457 e. The van der Waals surface area contributed by atoms with Gasteiger partial charge in [0.15, 0.2) is 0 Å². The van der Waals surface area contributed by atoms with Crippen molar-refractivity contribution in [2.24, 2.45) is 0 Å². The van der Waals surface area contributed by atoms with Gasteiger partial charge >= 0.3 is 0 Å². The second-order valence-electron chi connectivity index (χ2n) is 8.74. The zero-order valence-electron chi connectivity index (χ0n) is 18.8. The van der Waals surface area contributed by atoms with Crippen LogP contribution in [0, 0.1) is 0 Å². The molecule has 1 N–H and O–H groups in total. The van der Waals surface area contributed by atoms with E-state index in [0.717, 1.165) is 36.4 Å². The molecule has 0 spiro atoms. The Morgan fingerprint density at radius 2 is 1.59 bits per heavy atom. The number of fused-ring (bicyclic) bond motifs is 1. The Labute approximate surface area is 210 Å². The van der Waals surface area contributed by atoms with Gasteiger partial charge in [0.25, 0.3) is 5.91 Å². The summed E-state index contributed by atoms with van der Waals surface area (Å²) in [6.45, 7) is 3.77. The smallest absolute Gasteiger partial charge is 0.257 e. The molecule has 0 aromatic heterocycles. The van der Waals surface area contributed by atoms with Gasteiger partial charge in [0.05, 0.1) is 15.6 Å². The molecule has 3 aromatic rings. The van der Waals surface area contributed by atoms with Gasteiger partial charge < -0.3 is 19.9 Å². The van der Waals surface area contributed by atoms with Gasteiger partial charge in [0.2, 0.25) is 0 Å². The van der Waals surface area contributed by atoms with Crippen LogP contribution in [-0.2, 0) is 0 Å². The average Bonchev–Trinajstić information content (AvgIpc) is 2.87. The molecule has 176 valence electrons. The summed E-state index contributed by atoms with van der Waals surface area (Å²) in [5, 5.41) is 4.51. The molecule has 2 aliphatic rings. The number of likely N-dealkylation sites (tertiary alicyclic amines) is 1. The molecule has 34 heavy (non-hydrogen) atoms. The summed E-state index contributed by atoms with van der Waals surface area (Å²) in [6, 6.07) is 20.7. The van der Waals surface area contributed by atoms with Gasteiger partial charge in [-0.25, -0.2) is 0 Å². The number of amides is 1. The fourth-order valence-electron chi connectivity index (χ4n) is 4.61. The molecule has 1 saturated heterocycles. The van der Waals surface area contributed by atoms with Gasteiger partial charge in [-0.2, -0.15) is 0 Å². The number of carbonyl (C=O) groups is 1. The molecular weight excluding hydrogens is 469 g/mol. The van der Waals surface area contributed by atoms with Crippen molar-refractivity contribution in [1.29, 1.82) is 0 Å². The van der Waals surface area contributed by atoms with Crippen molar-refractivity contribution in [3.63, 3.8) is 0 Å². The van der Waals surface area contributed by atoms with Crippen LogP contribution in [0.25, 0.3) is 0 Å². The summed E-state index contributed by atoms with van der Waals surface area (Å²) in [6.07, 6.45) is 3.52. The quantitative estimate of drug-likeness (QED) is 0.406. The van der Waals surface area contributed by atoms with Gasteiger partial charge in [-0.3, -0.25) is 4.79 Å². The van der Waals surface area contributed by atoms with Crippen LogP contribution in [-0.4, -0.2) is 41.9 Å². The van der Waals surface area contributed by atoms with E-state index in [1.807, 2.05) is 53.4 Å². The van der Waals surface area contributed by atoms with Crippen molar-refractivity contribution < 1.29 is 9.53 Å². The van der Waals surface area contributed by atoms with E-state index in [9.17, 15) is 4.79 Å². The number of ether oxygens (including phenoxy) is 1. The highest BCUT2D eigenvalue weighted by atomic mass is 35.5. The maximum Gasteiger partial charge on any atom is 0.257 e. The number of nitrogens with one attached hydrogen (secondary N) is 1. The van der Waals surface area contributed by atoms with E-state index in [1.54, 1.807) is 18.2 Å². The molecule has 0 radical (unpaired) electrons. The average molecular weight is 496 g/mol. The van der Waals surface area contributed by atoms with Crippen LogP contribution in [0.3, 0.4) is 0 Å². The van der Waals surface area contributed by atoms with Gasteiger partial charge in [-0.15, -0.1) is 0 Å². The first-order valence-electron chi connectivity index (χ1n) is 11.7. The molecule has 0 bridgehead atoms. The number of hydrogen-bond acceptors (Lipinski definition) is 4. The maximum atomic E-state index is 13.5. The summed E-state index contributed by atoms with van der Waals surface area (Å²) in [7, 11) is 0. The molecule has 5 rings (SSSR count). The highest BCUT2D eigenvalue weighted by molar-refractivity contribution is 6.42. The topological polar surface area (TPSA) is 44.8 Å². The number of piperidine rings is 1. The van der Waals surface area contributed by atoms with Crippen LogP contribution >= 0.6 is 23.2 Å². The van der Waals surface area contributed by atoms with Crippen molar-refractivity contribution in [2.75, 3.05) is 31.5 Å². The van der Waals surface area contributed by atoms with Crippen molar-refractivity contribution >= 4 is 34.8 Å². The third-order valence-corrected chi connectivity index (χ3v) is 7.19. The SMILES string of the molecule is O=C1c2ccccc2NC(c2ccc(Oc3ccc(Cl)c(Cl)c3)cc2)N1CCN1CCCCC1. The minimum absolute atomic E-state index is 0.0625. The third kappa shape index (κ3) is 5.02. The number of rotatable bonds is 6. The highest BCUT2D eigenvalue weighted by Gasteiger charge is 2.33. The van der Waals surface area contributed by atoms with Crippen LogP contribution in [0.15, 0.2) is 66.7 Å². The lowest BCUT2D eigenvalue weighted by Crippen LogP contribution is -2.47. The first-order chi connectivity index (χ1) is 16.6. The molecule has 0 aliphatic carbocycles. The molecule has 5 nitrogen and oxygen atoms in total. The zero-order chi connectivity index (χ0) is 23.5. The van der Waals surface area contributed by atoms with E-state index in [4.69, 9.17) is 27.9 Å². The largest absolute Gasteiger partial charge is 0.457 e. The second-order valence-corrected chi connectivity index (χ2v) is 9.55. The van der Waals surface area contributed by atoms with Crippen molar-refractivity contribution in [3.05, 3.63) is 87.9 Å². The summed E-state index contributed by atoms with van der Waals surface area (Å²) in [5.74, 6) is 1.36. The monoisotopic (exact) mass is 495 g/mol. The number of anilines is 1. The molecule has 3 aromatic carbocycles. The van der Waals surface area contributed by atoms with Crippen molar-refractivity contribution in [2.45, 2.75) is 25.4 Å². The summed E-state index contributed by atoms with van der Waals surface area (Å²) >= 11 is 12.1. The van der Waals surface area contributed by atoms with E-state index < -0.39 is 0 Å². The molecule has 1 fully saturated rings. The van der Waals surface area contributed by atoms with Crippen LogP contribution in [0.1, 0.15) is 41.3 Å². The number of hydrogen-bond donors (Lipinski definition) is 1. The molecule has 7 heteroatoms. The second kappa shape index (κ2) is 10.3. The Kier molecular flexibility index (Phi) is 6.95. The summed E-state index contributed by atoms with van der Waals surface area (Å²) < 4.78 is 5.94. The van der Waals surface area contributed by atoms with E-state index in [1.165, 1.54) is 19.3 Å². The molecular formula is C27H27Cl2N3O2. The summed E-state index contributed by atoms with van der Waals surface area (Å²) in [5.41, 5.74) is 2.59. The first-order valence-corrected chi connectivity index (χ1v) is 12.5. The predicted octanol–water partition coefficient (Wildman–Crippen LogP) is 6.84. The Morgan fingerprint density at radius 1 is 0.853 bits per heavy atom. The Bertz CT molecular complexity index is 1160. The molecule has 1 atom stereocenters. The lowest BCUT2D eigenvalue weighted by molar-refractivity contribution is 0.0650. The minimum atomic E-state index is -0.244. The van der Waals surface area contributed by atoms with E-state index in [2.05, 4.69) is 10.2 Å². The lowest BCUT2D eigenvalue weighted by atomic mass is 10.0. The number of carbonyl (C=O) groups excluding carboxylic acids is 1. The van der Waals surface area contributed by atoms with Crippen LogP contribution in [0.4, 0.5) is 5.69 Å². The Hall–Kier alpha value is -2.73. The standard InChI is InChI=1S/C27H27Cl2N3O2/c28-23-13-12-21(18-24(23)29)34-20-10-8-19(9-11-20)26-30-25-7-3-2-6-22(25)27(33)32(26)17-16-31-14-4-1-5-15-31/h2-3,6-13,18,26,30H,1,4-5,14-17H2. The maximum absolute atomic E-state index is 13.5. The predicted molar refractivity (Wildman–Crippen MR) is 137 cm³/mol. The highest BCUT2D eigenvalue weighted by Crippen LogP contribution is 2.35. The van der Waals surface area contributed by atoms with Gasteiger partial charge in [-0.05, 0) is 67.9 Å². The number of para-hydroxylation sites is 1. The molecule has 1 unspecified atom stereocenters. The molecule has 2 heterocycles. The number of nitrogens with zero attached hydrogens (tertiary/aromatic N) is 2. The van der Waals surface area contributed by atoms with Gasteiger partial charge in [0, 0.05) is 24.8 Å². The summed E-state index contributed by atoms with van der Waals surface area (Å²) in [4.78, 5) is 17.9. The zero-order valence-corrected chi connectivity index (χ0v) is 20.4. The third-order valence-electron chi connectivity index (χ3n) is 6.45. The fourth-order valence-corrected chi connectivity index (χ4v) is 4.90. The normalized spacial score (nSPS) is 18.4.